The summed E-state index contributed by atoms with van der Waals surface area (Å²) in [6, 6.07) is 9.36. The van der Waals surface area contributed by atoms with Crippen LogP contribution in [-0.4, -0.2) is 14.9 Å². The van der Waals surface area contributed by atoms with E-state index in [9.17, 15) is 10.1 Å². The van der Waals surface area contributed by atoms with Gasteiger partial charge in [-0.1, -0.05) is 30.3 Å². The summed E-state index contributed by atoms with van der Waals surface area (Å²) in [5.41, 5.74) is 0.582. The van der Waals surface area contributed by atoms with Crippen LogP contribution in [0.4, 0.5) is 0 Å². The first-order chi connectivity index (χ1) is 7.79. The molecule has 1 heterocycles. The lowest BCUT2D eigenvalue weighted by molar-refractivity contribution is -0.518. The van der Waals surface area contributed by atoms with E-state index >= 15 is 0 Å². The molecule has 1 aromatic heterocycles. The van der Waals surface area contributed by atoms with Gasteiger partial charge in [0.25, 0.3) is 6.04 Å². The zero-order valence-electron chi connectivity index (χ0n) is 8.35. The lowest BCUT2D eigenvalue weighted by Gasteiger charge is -2.07. The predicted octanol–water partition coefficient (Wildman–Crippen LogP) is 1.84. The average Bonchev–Trinajstić information content (AvgIpc) is 2.31. The zero-order chi connectivity index (χ0) is 11.4. The van der Waals surface area contributed by atoms with Crippen LogP contribution in [0, 0.1) is 10.1 Å². The molecule has 1 aromatic carbocycles. The molecule has 0 radical (unpaired) electrons. The summed E-state index contributed by atoms with van der Waals surface area (Å²) in [6.07, 6.45) is 3.00. The molecule has 0 spiro atoms. The van der Waals surface area contributed by atoms with Gasteiger partial charge in [-0.3, -0.25) is 10.1 Å². The SMILES string of the molecule is O=[N+]([O-])C(c1ccccc1)c1ncccn1. The van der Waals surface area contributed by atoms with Crippen molar-refractivity contribution >= 4 is 0 Å². The number of benzene rings is 1. The molecule has 2 rings (SSSR count). The zero-order valence-corrected chi connectivity index (χ0v) is 8.35. The minimum Gasteiger partial charge on any atom is -0.263 e. The summed E-state index contributed by atoms with van der Waals surface area (Å²) in [5, 5.41) is 11.0. The molecule has 16 heavy (non-hydrogen) atoms. The van der Waals surface area contributed by atoms with Crippen molar-refractivity contribution in [1.29, 1.82) is 0 Å². The van der Waals surface area contributed by atoms with Crippen LogP contribution < -0.4 is 0 Å². The Labute approximate surface area is 91.9 Å². The lowest BCUT2D eigenvalue weighted by Crippen LogP contribution is -2.14. The van der Waals surface area contributed by atoms with Crippen LogP contribution in [0.15, 0.2) is 48.8 Å². The number of hydrogen-bond donors (Lipinski definition) is 0. The van der Waals surface area contributed by atoms with Crippen LogP contribution in [0.3, 0.4) is 0 Å². The van der Waals surface area contributed by atoms with Crippen LogP contribution >= 0.6 is 0 Å². The quantitative estimate of drug-likeness (QED) is 0.578. The lowest BCUT2D eigenvalue weighted by atomic mass is 10.1. The van der Waals surface area contributed by atoms with Crippen molar-refractivity contribution in [2.75, 3.05) is 0 Å². The maximum atomic E-state index is 11.0. The van der Waals surface area contributed by atoms with E-state index in [0.29, 0.717) is 5.56 Å². The van der Waals surface area contributed by atoms with Crippen molar-refractivity contribution in [3.05, 3.63) is 70.3 Å². The Morgan fingerprint density at radius 3 is 2.25 bits per heavy atom. The van der Waals surface area contributed by atoms with E-state index in [0.717, 1.165) is 0 Å². The second-order valence-electron chi connectivity index (χ2n) is 3.21. The van der Waals surface area contributed by atoms with Crippen LogP contribution in [0.25, 0.3) is 0 Å². The summed E-state index contributed by atoms with van der Waals surface area (Å²) < 4.78 is 0. The summed E-state index contributed by atoms with van der Waals surface area (Å²) in [5.74, 6) is 0.207. The third-order valence-corrected chi connectivity index (χ3v) is 2.16. The van der Waals surface area contributed by atoms with E-state index in [-0.39, 0.29) is 10.7 Å². The van der Waals surface area contributed by atoms with Crippen LogP contribution in [0.2, 0.25) is 0 Å². The third-order valence-electron chi connectivity index (χ3n) is 2.16. The molecule has 0 N–H and O–H groups in total. The van der Waals surface area contributed by atoms with E-state index in [2.05, 4.69) is 9.97 Å². The number of nitrogens with zero attached hydrogens (tertiary/aromatic N) is 3. The van der Waals surface area contributed by atoms with Gasteiger partial charge in [0.1, 0.15) is 0 Å². The normalized spacial score (nSPS) is 12.0. The molecule has 5 heteroatoms. The highest BCUT2D eigenvalue weighted by atomic mass is 16.6. The van der Waals surface area contributed by atoms with Crippen molar-refractivity contribution in [3.8, 4) is 0 Å². The minimum absolute atomic E-state index is 0.207. The number of rotatable bonds is 3. The molecular formula is C11H9N3O2. The van der Waals surface area contributed by atoms with Gasteiger partial charge in [-0.05, 0) is 6.07 Å². The minimum atomic E-state index is -0.998. The van der Waals surface area contributed by atoms with Crippen LogP contribution in [0.5, 0.6) is 0 Å². The molecule has 0 bridgehead atoms. The fourth-order valence-electron chi connectivity index (χ4n) is 1.45. The molecule has 5 nitrogen and oxygen atoms in total. The Kier molecular flexibility index (Phi) is 2.86. The molecule has 0 amide bonds. The van der Waals surface area contributed by atoms with Gasteiger partial charge < -0.3 is 0 Å². The topological polar surface area (TPSA) is 68.9 Å². The van der Waals surface area contributed by atoms with Gasteiger partial charge >= 0.3 is 0 Å². The molecule has 0 aliphatic carbocycles. The number of nitro groups is 1. The van der Waals surface area contributed by atoms with Crippen LogP contribution in [-0.2, 0) is 0 Å². The van der Waals surface area contributed by atoms with Gasteiger partial charge in [0.2, 0.25) is 5.82 Å². The predicted molar refractivity (Wildman–Crippen MR) is 57.3 cm³/mol. The van der Waals surface area contributed by atoms with Gasteiger partial charge in [0.15, 0.2) is 0 Å². The Hall–Kier alpha value is -2.30. The molecule has 0 saturated heterocycles. The molecule has 0 fully saturated rings. The van der Waals surface area contributed by atoms with Crippen molar-refractivity contribution in [2.45, 2.75) is 6.04 Å². The van der Waals surface area contributed by atoms with Crippen molar-refractivity contribution in [2.24, 2.45) is 0 Å². The molecule has 2 aromatic rings. The van der Waals surface area contributed by atoms with E-state index < -0.39 is 6.04 Å². The van der Waals surface area contributed by atoms with Gasteiger partial charge in [-0.2, -0.15) is 0 Å². The monoisotopic (exact) mass is 215 g/mol. The van der Waals surface area contributed by atoms with E-state index in [1.165, 1.54) is 12.4 Å². The number of aromatic nitrogens is 2. The third kappa shape index (κ3) is 2.03. The molecular weight excluding hydrogens is 206 g/mol. The molecule has 0 aliphatic heterocycles. The van der Waals surface area contributed by atoms with E-state index in [1.54, 1.807) is 30.3 Å². The largest absolute Gasteiger partial charge is 0.296 e. The maximum Gasteiger partial charge on any atom is 0.296 e. The first-order valence-corrected chi connectivity index (χ1v) is 4.74. The molecule has 0 aliphatic rings. The van der Waals surface area contributed by atoms with Gasteiger partial charge in [-0.15, -0.1) is 0 Å². The average molecular weight is 215 g/mol. The summed E-state index contributed by atoms with van der Waals surface area (Å²) in [6.45, 7) is 0. The maximum absolute atomic E-state index is 11.0. The smallest absolute Gasteiger partial charge is 0.263 e. The highest BCUT2D eigenvalue weighted by Crippen LogP contribution is 2.21. The number of hydrogen-bond acceptors (Lipinski definition) is 4. The summed E-state index contributed by atoms with van der Waals surface area (Å²) in [7, 11) is 0. The summed E-state index contributed by atoms with van der Waals surface area (Å²) in [4.78, 5) is 18.5. The molecule has 1 atom stereocenters. The Morgan fingerprint density at radius 2 is 1.69 bits per heavy atom. The molecule has 80 valence electrons. The second-order valence-corrected chi connectivity index (χ2v) is 3.21. The second kappa shape index (κ2) is 4.48. The Morgan fingerprint density at radius 1 is 1.06 bits per heavy atom. The van der Waals surface area contributed by atoms with Crippen molar-refractivity contribution in [3.63, 3.8) is 0 Å². The fraction of sp³-hybridized carbons (Fsp3) is 0.0909. The van der Waals surface area contributed by atoms with Gasteiger partial charge in [0.05, 0.1) is 0 Å². The van der Waals surface area contributed by atoms with Crippen molar-refractivity contribution in [1.82, 2.24) is 9.97 Å². The molecule has 1 unspecified atom stereocenters. The Bertz CT molecular complexity index is 434. The Balaban J connectivity index is 2.44. The fourth-order valence-corrected chi connectivity index (χ4v) is 1.45. The van der Waals surface area contributed by atoms with E-state index in [1.807, 2.05) is 6.07 Å². The first kappa shape index (κ1) is 10.2. The van der Waals surface area contributed by atoms with E-state index in [4.69, 9.17) is 0 Å². The molecule has 0 saturated carbocycles. The van der Waals surface area contributed by atoms with Crippen LogP contribution in [0.1, 0.15) is 17.4 Å². The summed E-state index contributed by atoms with van der Waals surface area (Å²) >= 11 is 0. The van der Waals surface area contributed by atoms with Gasteiger partial charge in [0, 0.05) is 22.9 Å². The first-order valence-electron chi connectivity index (χ1n) is 4.74. The van der Waals surface area contributed by atoms with Gasteiger partial charge in [-0.25, -0.2) is 9.97 Å². The van der Waals surface area contributed by atoms with Crippen molar-refractivity contribution < 1.29 is 4.92 Å². The standard InChI is InChI=1S/C11H9N3O2/c15-14(16)10(9-5-2-1-3-6-9)11-12-7-4-8-13-11/h1-8,10H. The highest BCUT2D eigenvalue weighted by Gasteiger charge is 2.27. The highest BCUT2D eigenvalue weighted by molar-refractivity contribution is 5.22.